The molecule has 43 heavy (non-hydrogen) atoms. The monoisotopic (exact) mass is 596 g/mol. The second-order valence-electron chi connectivity index (χ2n) is 13.9. The van der Waals surface area contributed by atoms with Crippen molar-refractivity contribution in [2.45, 2.75) is 104 Å². The molecule has 5 aliphatic rings. The molecule has 0 N–H and O–H groups in total. The minimum Gasteiger partial charge on any atom is -0.472 e. The van der Waals surface area contributed by atoms with Crippen molar-refractivity contribution in [1.82, 2.24) is 0 Å². The van der Waals surface area contributed by atoms with Gasteiger partial charge in [0.05, 0.1) is 44.6 Å². The highest BCUT2D eigenvalue weighted by Crippen LogP contribution is 2.74. The lowest BCUT2D eigenvalue weighted by atomic mass is 9.40. The fourth-order valence-electron chi connectivity index (χ4n) is 10.0. The summed E-state index contributed by atoms with van der Waals surface area (Å²) < 4.78 is 36.8. The molecule has 0 radical (unpaired) electrons. The molecule has 2 aliphatic heterocycles. The largest absolute Gasteiger partial charge is 0.472 e. The molecule has 11 atom stereocenters. The molecule has 0 aromatic carbocycles. The molecule has 0 spiro atoms. The molecular weight excluding hydrogens is 552 g/mol. The Labute approximate surface area is 253 Å². The van der Waals surface area contributed by atoms with Crippen molar-refractivity contribution >= 4 is 17.9 Å². The van der Waals surface area contributed by atoms with E-state index in [4.69, 9.17) is 28.1 Å². The number of rotatable bonds is 6. The van der Waals surface area contributed by atoms with Gasteiger partial charge in [-0.1, -0.05) is 32.4 Å². The number of carbonyl (C=O) groups is 3. The summed E-state index contributed by atoms with van der Waals surface area (Å²) in [5.74, 6) is -1.54. The van der Waals surface area contributed by atoms with E-state index in [0.29, 0.717) is 18.6 Å². The van der Waals surface area contributed by atoms with Gasteiger partial charge < -0.3 is 28.1 Å². The van der Waals surface area contributed by atoms with Crippen LogP contribution in [0, 0.1) is 28.1 Å². The van der Waals surface area contributed by atoms with Crippen molar-refractivity contribution < 1.29 is 42.5 Å². The number of fused-ring (bicyclic) bond motifs is 4. The van der Waals surface area contributed by atoms with E-state index in [1.165, 1.54) is 25.2 Å². The van der Waals surface area contributed by atoms with Crippen molar-refractivity contribution in [3.05, 3.63) is 47.0 Å². The van der Waals surface area contributed by atoms with E-state index in [0.717, 1.165) is 12.0 Å². The molecule has 1 unspecified atom stereocenters. The predicted molar refractivity (Wildman–Crippen MR) is 155 cm³/mol. The SMILES string of the molecule is CC=C(C)C(=O)O[C@@H]1C[C@H](OC(C)=O)[C@]2(C)CO[C@@H]3[C@H]4O[C@H]5C[C@H](c6ccoc6)C(C)=C5[C@]4(C)C(CC(=O)OC)[C@]1(C)[C@@H]32. The second kappa shape index (κ2) is 10.3. The maximum atomic E-state index is 13.4. The number of carbonyl (C=O) groups excluding carboxylic acids is 3. The van der Waals surface area contributed by atoms with E-state index in [1.54, 1.807) is 32.4 Å². The zero-order chi connectivity index (χ0) is 31.1. The smallest absolute Gasteiger partial charge is 0.333 e. The molecule has 0 bridgehead atoms. The Morgan fingerprint density at radius 1 is 1.09 bits per heavy atom. The van der Waals surface area contributed by atoms with Crippen LogP contribution in [-0.2, 0) is 38.1 Å². The lowest BCUT2D eigenvalue weighted by Crippen LogP contribution is -2.71. The fraction of sp³-hybridized carbons (Fsp3) is 0.676. The van der Waals surface area contributed by atoms with Gasteiger partial charge in [-0.25, -0.2) is 4.79 Å². The van der Waals surface area contributed by atoms with Gasteiger partial charge >= 0.3 is 17.9 Å². The Hall–Kier alpha value is -2.91. The van der Waals surface area contributed by atoms with Gasteiger partial charge in [-0.2, -0.15) is 0 Å². The summed E-state index contributed by atoms with van der Waals surface area (Å²) in [5.41, 5.74) is 2.08. The van der Waals surface area contributed by atoms with Crippen LogP contribution in [0.1, 0.15) is 79.2 Å². The minimum absolute atomic E-state index is 0.122. The van der Waals surface area contributed by atoms with Gasteiger partial charge in [0, 0.05) is 53.4 Å². The zero-order valence-corrected chi connectivity index (χ0v) is 26.4. The van der Waals surface area contributed by atoms with Gasteiger partial charge in [0.1, 0.15) is 12.2 Å². The van der Waals surface area contributed by atoms with E-state index < -0.39 is 40.4 Å². The highest BCUT2D eigenvalue weighted by Gasteiger charge is 2.78. The molecule has 2 saturated carbocycles. The third-order valence-electron chi connectivity index (χ3n) is 12.0. The molecule has 1 aromatic rings. The second-order valence-corrected chi connectivity index (χ2v) is 13.9. The normalized spacial score (nSPS) is 43.1. The summed E-state index contributed by atoms with van der Waals surface area (Å²) in [5, 5.41) is 0. The van der Waals surface area contributed by atoms with Crippen LogP contribution >= 0.6 is 0 Å². The number of hydrogen-bond acceptors (Lipinski definition) is 9. The van der Waals surface area contributed by atoms with Crippen LogP contribution in [0.4, 0.5) is 0 Å². The number of hydrogen-bond donors (Lipinski definition) is 0. The lowest BCUT2D eigenvalue weighted by molar-refractivity contribution is -0.251. The van der Waals surface area contributed by atoms with Gasteiger partial charge in [-0.3, -0.25) is 9.59 Å². The van der Waals surface area contributed by atoms with Gasteiger partial charge in [0.25, 0.3) is 0 Å². The van der Waals surface area contributed by atoms with Crippen LogP contribution in [0.2, 0.25) is 0 Å². The van der Waals surface area contributed by atoms with Gasteiger partial charge in [-0.05, 0) is 50.3 Å². The Balaban J connectivity index is 1.55. The van der Waals surface area contributed by atoms with E-state index >= 15 is 0 Å². The number of esters is 3. The Morgan fingerprint density at radius 3 is 2.47 bits per heavy atom. The summed E-state index contributed by atoms with van der Waals surface area (Å²) >= 11 is 0. The Bertz CT molecular complexity index is 1380. The van der Waals surface area contributed by atoms with Gasteiger partial charge in [-0.15, -0.1) is 0 Å². The first-order valence-electron chi connectivity index (χ1n) is 15.4. The quantitative estimate of drug-likeness (QED) is 0.187. The number of allylic oxidation sites excluding steroid dienone is 2. The predicted octanol–water partition coefficient (Wildman–Crippen LogP) is 5.29. The van der Waals surface area contributed by atoms with E-state index in [2.05, 4.69) is 27.7 Å². The maximum absolute atomic E-state index is 13.4. The Morgan fingerprint density at radius 2 is 1.84 bits per heavy atom. The van der Waals surface area contributed by atoms with E-state index in [9.17, 15) is 14.4 Å². The molecule has 3 heterocycles. The molecule has 6 rings (SSSR count). The molecule has 3 aliphatic carbocycles. The van der Waals surface area contributed by atoms with Gasteiger partial charge in [0.15, 0.2) is 0 Å². The molecule has 4 fully saturated rings. The van der Waals surface area contributed by atoms with Crippen molar-refractivity contribution in [3.8, 4) is 0 Å². The minimum atomic E-state index is -0.741. The zero-order valence-electron chi connectivity index (χ0n) is 26.4. The average Bonchev–Trinajstić information content (AvgIpc) is 3.73. The highest BCUT2D eigenvalue weighted by molar-refractivity contribution is 5.87. The summed E-state index contributed by atoms with van der Waals surface area (Å²) in [4.78, 5) is 39.0. The number of methoxy groups -OCH3 is 1. The van der Waals surface area contributed by atoms with Crippen LogP contribution in [0.25, 0.3) is 0 Å². The van der Waals surface area contributed by atoms with Crippen LogP contribution in [0.3, 0.4) is 0 Å². The summed E-state index contributed by atoms with van der Waals surface area (Å²) in [6.45, 7) is 13.9. The van der Waals surface area contributed by atoms with Crippen LogP contribution in [0.5, 0.6) is 0 Å². The van der Waals surface area contributed by atoms with Crippen LogP contribution in [0.15, 0.2) is 45.8 Å². The number of furan rings is 1. The van der Waals surface area contributed by atoms with Crippen molar-refractivity contribution in [2.24, 2.45) is 28.1 Å². The maximum Gasteiger partial charge on any atom is 0.333 e. The molecule has 0 amide bonds. The van der Waals surface area contributed by atoms with Gasteiger partial charge in [0.2, 0.25) is 0 Å². The number of ether oxygens (including phenoxy) is 5. The molecule has 234 valence electrons. The van der Waals surface area contributed by atoms with Crippen molar-refractivity contribution in [3.63, 3.8) is 0 Å². The molecule has 1 aromatic heterocycles. The topological polar surface area (TPSA) is 111 Å². The summed E-state index contributed by atoms with van der Waals surface area (Å²) in [6.07, 6.45) is 4.39. The first-order chi connectivity index (χ1) is 20.3. The third kappa shape index (κ3) is 4.13. The molecule has 2 saturated heterocycles. The average molecular weight is 597 g/mol. The molecule has 9 nitrogen and oxygen atoms in total. The van der Waals surface area contributed by atoms with E-state index in [-0.39, 0.29) is 48.5 Å². The first-order valence-corrected chi connectivity index (χ1v) is 15.4. The van der Waals surface area contributed by atoms with Crippen molar-refractivity contribution in [1.29, 1.82) is 0 Å². The standard InChI is InChI=1S/C34H44O9/c1-9-17(2)31(37)43-25-14-24(41-19(4)35)32(5)16-40-28-29(32)33(25,6)23(13-26(36)38-8)34(7)27-18(3)21(20-10-11-39-15-20)12-22(27)42-30(28)34/h9-11,15,21-25,28-30H,12-14,16H2,1-8H3/t21-,22-,23?,24-,25+,28-,29-,30+,32-,33-,34-/m0/s1. The molecule has 9 heteroatoms. The lowest BCUT2D eigenvalue weighted by Gasteiger charge is -2.65. The van der Waals surface area contributed by atoms with Crippen LogP contribution in [-0.4, -0.2) is 62.1 Å². The molecular formula is C34H44O9. The fourth-order valence-corrected chi connectivity index (χ4v) is 10.0. The Kier molecular flexibility index (Phi) is 7.24. The van der Waals surface area contributed by atoms with E-state index in [1.807, 2.05) is 6.07 Å². The first kappa shape index (κ1) is 30.1. The summed E-state index contributed by atoms with van der Waals surface area (Å²) in [6, 6.07) is 2.00. The highest BCUT2D eigenvalue weighted by atomic mass is 16.6. The van der Waals surface area contributed by atoms with Crippen molar-refractivity contribution in [2.75, 3.05) is 13.7 Å². The van der Waals surface area contributed by atoms with Crippen LogP contribution < -0.4 is 0 Å². The third-order valence-corrected chi connectivity index (χ3v) is 12.0. The summed E-state index contributed by atoms with van der Waals surface area (Å²) in [7, 11) is 1.41.